The van der Waals surface area contributed by atoms with Crippen molar-refractivity contribution in [3.63, 3.8) is 0 Å². The van der Waals surface area contributed by atoms with E-state index in [0.717, 1.165) is 23.3 Å². The minimum Gasteiger partial charge on any atom is -0.445 e. The van der Waals surface area contributed by atoms with Gasteiger partial charge >= 0.3 is 6.09 Å². The lowest BCUT2D eigenvalue weighted by molar-refractivity contribution is -0.121. The second kappa shape index (κ2) is 13.7. The zero-order valence-corrected chi connectivity index (χ0v) is 30.4. The molecule has 0 unspecified atom stereocenters. The molecule has 266 valence electrons. The van der Waals surface area contributed by atoms with Crippen molar-refractivity contribution in [2.45, 2.75) is 63.7 Å². The van der Waals surface area contributed by atoms with E-state index in [4.69, 9.17) is 14.7 Å². The van der Waals surface area contributed by atoms with Crippen molar-refractivity contribution >= 4 is 56.0 Å². The summed E-state index contributed by atoms with van der Waals surface area (Å²) < 4.78 is 34.3. The molecule has 13 nitrogen and oxygen atoms in total. The van der Waals surface area contributed by atoms with Crippen molar-refractivity contribution in [3.05, 3.63) is 83.0 Å². The Labute approximate surface area is 300 Å². The molecule has 0 bridgehead atoms. The Morgan fingerprint density at radius 2 is 1.82 bits per heavy atom. The molecule has 0 spiro atoms. The van der Waals surface area contributed by atoms with Crippen LogP contribution in [-0.2, 0) is 32.7 Å². The zero-order chi connectivity index (χ0) is 36.0. The van der Waals surface area contributed by atoms with Gasteiger partial charge in [0.15, 0.2) is 5.13 Å². The molecule has 2 aromatic carbocycles. The average molecular weight is 730 g/mol. The van der Waals surface area contributed by atoms with Crippen molar-refractivity contribution in [1.82, 2.24) is 24.5 Å². The number of ether oxygens (including phenoxy) is 1. The van der Waals surface area contributed by atoms with E-state index in [2.05, 4.69) is 10.0 Å². The molecule has 4 heterocycles. The Bertz CT molecular complexity index is 2120. The van der Waals surface area contributed by atoms with Crippen molar-refractivity contribution < 1.29 is 27.5 Å². The van der Waals surface area contributed by atoms with Gasteiger partial charge in [-0.1, -0.05) is 47.7 Å². The standard InChI is InChI=1S/C36H39N7O6S2/c1-21-17-41(36(46)49-20-24-9-6-5-7-10-24)19-31(44)43(21)30-12-8-11-29(39-30)40-35-38-22(2)33(50-35)26-15-27-18-42(23(3)25-13-14-25)34(45)32(27)28(16-26)51(47,48)37-4/h5-12,15-16,21,23,25,37H,13-14,17-20H2,1-4H3,(H,38,39,40)/t21-,23+/m1/s1. The minimum atomic E-state index is -3.94. The number of amides is 3. The summed E-state index contributed by atoms with van der Waals surface area (Å²) >= 11 is 1.34. The number of carbonyl (C=O) groups is 3. The van der Waals surface area contributed by atoms with Crippen LogP contribution in [0.2, 0.25) is 0 Å². The summed E-state index contributed by atoms with van der Waals surface area (Å²) in [4.78, 5) is 54.5. The van der Waals surface area contributed by atoms with E-state index >= 15 is 0 Å². The molecular weight excluding hydrogens is 691 g/mol. The maximum absolute atomic E-state index is 13.5. The van der Waals surface area contributed by atoms with Crippen LogP contribution in [0, 0.1) is 12.8 Å². The second-order valence-corrected chi connectivity index (χ2v) is 16.1. The Morgan fingerprint density at radius 3 is 2.53 bits per heavy atom. The molecule has 3 aliphatic rings. The van der Waals surface area contributed by atoms with Crippen molar-refractivity contribution in [2.24, 2.45) is 5.92 Å². The van der Waals surface area contributed by atoms with Gasteiger partial charge in [-0.05, 0) is 87.5 Å². The van der Waals surface area contributed by atoms with Crippen LogP contribution in [0.5, 0.6) is 0 Å². The summed E-state index contributed by atoms with van der Waals surface area (Å²) in [5.41, 5.74) is 3.11. The summed E-state index contributed by atoms with van der Waals surface area (Å²) in [6.07, 6.45) is 1.59. The summed E-state index contributed by atoms with van der Waals surface area (Å²) in [6, 6.07) is 17.8. The monoisotopic (exact) mass is 729 g/mol. The van der Waals surface area contributed by atoms with Gasteiger partial charge in [0, 0.05) is 19.1 Å². The third-order valence-electron chi connectivity index (χ3n) is 9.61. The lowest BCUT2D eigenvalue weighted by Crippen LogP contribution is -2.57. The molecule has 1 saturated heterocycles. The molecule has 2 atom stereocenters. The number of aromatic nitrogens is 2. The average Bonchev–Trinajstić information content (AvgIpc) is 3.83. The maximum Gasteiger partial charge on any atom is 0.410 e. The fourth-order valence-electron chi connectivity index (χ4n) is 6.76. The Morgan fingerprint density at radius 1 is 1.06 bits per heavy atom. The number of thiazole rings is 1. The van der Waals surface area contributed by atoms with Crippen LogP contribution in [0.1, 0.15) is 53.9 Å². The SMILES string of the molecule is CNS(=O)(=O)c1cc(-c2sc(Nc3cccc(N4C(=O)CN(C(=O)OCc5ccccc5)C[C@H]4C)n3)nc2C)cc2c1C(=O)N([C@@H](C)C1CC1)C2. The highest BCUT2D eigenvalue weighted by Gasteiger charge is 2.41. The number of sulfonamides is 1. The number of hydrogen-bond acceptors (Lipinski definition) is 10. The van der Waals surface area contributed by atoms with Gasteiger partial charge in [-0.25, -0.2) is 27.9 Å². The predicted octanol–water partition coefficient (Wildman–Crippen LogP) is 5.29. The van der Waals surface area contributed by atoms with E-state index in [9.17, 15) is 22.8 Å². The number of nitrogens with one attached hydrogen (secondary N) is 2. The van der Waals surface area contributed by atoms with Gasteiger partial charge in [-0.2, -0.15) is 0 Å². The van der Waals surface area contributed by atoms with E-state index in [1.165, 1.54) is 23.3 Å². The Hall–Kier alpha value is -4.86. The van der Waals surface area contributed by atoms with Crippen LogP contribution in [-0.4, -0.2) is 78.3 Å². The lowest BCUT2D eigenvalue weighted by Gasteiger charge is -2.38. The number of carbonyl (C=O) groups excluding carboxylic acids is 3. The Balaban J connectivity index is 1.08. The van der Waals surface area contributed by atoms with E-state index in [-0.39, 0.29) is 54.1 Å². The van der Waals surface area contributed by atoms with Crippen LogP contribution in [0.15, 0.2) is 65.6 Å². The highest BCUT2D eigenvalue weighted by Crippen LogP contribution is 2.42. The van der Waals surface area contributed by atoms with Crippen LogP contribution in [0.4, 0.5) is 21.6 Å². The molecule has 0 radical (unpaired) electrons. The predicted molar refractivity (Wildman–Crippen MR) is 193 cm³/mol. The summed E-state index contributed by atoms with van der Waals surface area (Å²) in [5, 5.41) is 3.77. The lowest BCUT2D eigenvalue weighted by atomic mass is 10.0. The largest absolute Gasteiger partial charge is 0.445 e. The smallest absolute Gasteiger partial charge is 0.410 e. The quantitative estimate of drug-likeness (QED) is 0.222. The van der Waals surface area contributed by atoms with Crippen molar-refractivity contribution in [3.8, 4) is 10.4 Å². The van der Waals surface area contributed by atoms with Crippen LogP contribution in [0.3, 0.4) is 0 Å². The molecule has 1 saturated carbocycles. The number of benzene rings is 2. The van der Waals surface area contributed by atoms with Crippen LogP contribution < -0.4 is 14.9 Å². The number of nitrogens with zero attached hydrogens (tertiary/aromatic N) is 5. The summed E-state index contributed by atoms with van der Waals surface area (Å²) in [7, 11) is -2.60. The van der Waals surface area contributed by atoms with Gasteiger partial charge in [-0.15, -0.1) is 0 Å². The Kier molecular flexibility index (Phi) is 9.29. The maximum atomic E-state index is 13.5. The molecule has 7 rings (SSSR count). The normalized spacial score (nSPS) is 18.2. The van der Waals surface area contributed by atoms with Crippen LogP contribution in [0.25, 0.3) is 10.4 Å². The highest BCUT2D eigenvalue weighted by molar-refractivity contribution is 7.89. The first-order valence-corrected chi connectivity index (χ1v) is 19.1. The third-order valence-corrected chi connectivity index (χ3v) is 12.2. The van der Waals surface area contributed by atoms with Gasteiger partial charge in [0.05, 0.1) is 27.1 Å². The first-order valence-electron chi connectivity index (χ1n) is 16.8. The van der Waals surface area contributed by atoms with Gasteiger partial charge in [0.25, 0.3) is 5.91 Å². The van der Waals surface area contributed by atoms with Crippen molar-refractivity contribution in [1.29, 1.82) is 0 Å². The molecule has 2 N–H and O–H groups in total. The number of anilines is 3. The molecule has 15 heteroatoms. The van der Waals surface area contributed by atoms with Gasteiger partial charge < -0.3 is 15.0 Å². The molecule has 51 heavy (non-hydrogen) atoms. The summed E-state index contributed by atoms with van der Waals surface area (Å²) in [6.45, 7) is 6.35. The molecule has 4 aromatic rings. The minimum absolute atomic E-state index is 0.0336. The van der Waals surface area contributed by atoms with Gasteiger partial charge in [0.2, 0.25) is 15.9 Å². The second-order valence-electron chi connectivity index (χ2n) is 13.2. The van der Waals surface area contributed by atoms with E-state index < -0.39 is 16.1 Å². The van der Waals surface area contributed by atoms with E-state index in [1.807, 2.05) is 57.2 Å². The van der Waals surface area contributed by atoms with Gasteiger partial charge in [0.1, 0.15) is 24.8 Å². The summed E-state index contributed by atoms with van der Waals surface area (Å²) in [5.74, 6) is 0.793. The molecule has 1 aliphatic carbocycles. The number of piperazine rings is 1. The van der Waals surface area contributed by atoms with Crippen LogP contribution >= 0.6 is 11.3 Å². The molecule has 3 amide bonds. The molecule has 2 fully saturated rings. The number of rotatable bonds is 10. The third kappa shape index (κ3) is 6.93. The topological polar surface area (TPSA) is 154 Å². The fourth-order valence-corrected chi connectivity index (χ4v) is 8.71. The number of aryl methyl sites for hydroxylation is 1. The molecule has 2 aliphatic heterocycles. The first-order chi connectivity index (χ1) is 24.4. The number of pyridine rings is 1. The molecule has 2 aromatic heterocycles. The van der Waals surface area contributed by atoms with Crippen molar-refractivity contribution in [2.75, 3.05) is 30.4 Å². The fraction of sp³-hybridized carbons (Fsp3) is 0.361. The zero-order valence-electron chi connectivity index (χ0n) is 28.8. The van der Waals surface area contributed by atoms with E-state index in [1.54, 1.807) is 34.1 Å². The first kappa shape index (κ1) is 34.6. The van der Waals surface area contributed by atoms with Gasteiger partial charge in [-0.3, -0.25) is 19.4 Å². The number of hydrogen-bond donors (Lipinski definition) is 2. The highest BCUT2D eigenvalue weighted by atomic mass is 32.2. The number of fused-ring (bicyclic) bond motifs is 1. The molecular formula is C36H39N7O6S2. The van der Waals surface area contributed by atoms with E-state index in [0.29, 0.717) is 46.1 Å².